The van der Waals surface area contributed by atoms with Crippen molar-refractivity contribution < 1.29 is 19.5 Å². The summed E-state index contributed by atoms with van der Waals surface area (Å²) in [6.45, 7) is 3.71. The van der Waals surface area contributed by atoms with Crippen molar-refractivity contribution in [3.8, 4) is 0 Å². The summed E-state index contributed by atoms with van der Waals surface area (Å²) in [6, 6.07) is -0.396. The molecule has 1 aromatic rings. The molecule has 0 saturated carbocycles. The second-order valence-corrected chi connectivity index (χ2v) is 7.05. The van der Waals surface area contributed by atoms with Crippen LogP contribution in [0.15, 0.2) is 12.4 Å². The van der Waals surface area contributed by atoms with Crippen LogP contribution in [0.2, 0.25) is 0 Å². The number of carboxylic acids is 1. The van der Waals surface area contributed by atoms with Crippen molar-refractivity contribution in [2.24, 2.45) is 18.4 Å². The third-order valence-corrected chi connectivity index (χ3v) is 5.67. The Hall–Kier alpha value is -2.38. The average Bonchev–Trinajstić information content (AvgIpc) is 3.04. The monoisotopic (exact) mass is 364 g/mol. The van der Waals surface area contributed by atoms with E-state index in [2.05, 4.69) is 10.4 Å². The maximum absolute atomic E-state index is 12.9. The van der Waals surface area contributed by atoms with Crippen LogP contribution in [-0.4, -0.2) is 51.2 Å². The van der Waals surface area contributed by atoms with Gasteiger partial charge in [0.05, 0.1) is 23.6 Å². The number of hydrogen-bond acceptors (Lipinski definition) is 4. The number of rotatable bonds is 7. The van der Waals surface area contributed by atoms with Gasteiger partial charge in [-0.3, -0.25) is 19.1 Å². The van der Waals surface area contributed by atoms with Gasteiger partial charge in [-0.15, -0.1) is 0 Å². The second kappa shape index (κ2) is 7.88. The van der Waals surface area contributed by atoms with Crippen molar-refractivity contribution in [1.82, 2.24) is 20.0 Å². The quantitative estimate of drug-likeness (QED) is 0.760. The highest BCUT2D eigenvalue weighted by atomic mass is 16.4. The van der Waals surface area contributed by atoms with Gasteiger partial charge >= 0.3 is 5.97 Å². The van der Waals surface area contributed by atoms with E-state index in [9.17, 15) is 19.5 Å². The van der Waals surface area contributed by atoms with Crippen molar-refractivity contribution in [3.05, 3.63) is 18.0 Å². The van der Waals surface area contributed by atoms with Gasteiger partial charge in [-0.1, -0.05) is 13.8 Å². The number of nitrogens with zero attached hydrogens (tertiary/aromatic N) is 3. The summed E-state index contributed by atoms with van der Waals surface area (Å²) in [4.78, 5) is 38.2. The summed E-state index contributed by atoms with van der Waals surface area (Å²) in [6.07, 6.45) is 5.09. The molecule has 0 radical (unpaired) electrons. The van der Waals surface area contributed by atoms with E-state index < -0.39 is 23.3 Å². The number of nitrogens with one attached hydrogen (secondary N) is 1. The normalized spacial score (nSPS) is 20.9. The molecule has 1 aliphatic rings. The van der Waals surface area contributed by atoms with E-state index in [0.29, 0.717) is 25.7 Å². The van der Waals surface area contributed by atoms with E-state index in [4.69, 9.17) is 0 Å². The first kappa shape index (κ1) is 19.9. The lowest BCUT2D eigenvalue weighted by Crippen LogP contribution is -2.49. The minimum absolute atomic E-state index is 0.00935. The highest BCUT2D eigenvalue weighted by Crippen LogP contribution is 2.36. The predicted octanol–water partition coefficient (Wildman–Crippen LogP) is 1.34. The van der Waals surface area contributed by atoms with Crippen LogP contribution in [-0.2, 0) is 21.4 Å². The number of carbonyl (C=O) groups is 3. The molecule has 1 aliphatic heterocycles. The molecule has 0 aromatic carbocycles. The Labute approximate surface area is 153 Å². The van der Waals surface area contributed by atoms with Crippen LogP contribution in [0.5, 0.6) is 0 Å². The number of likely N-dealkylation sites (tertiary alicyclic amines) is 1. The molecule has 1 aromatic heterocycles. The highest BCUT2D eigenvalue weighted by molar-refractivity contribution is 5.85. The van der Waals surface area contributed by atoms with E-state index in [-0.39, 0.29) is 18.4 Å². The number of carboxylic acid groups (broad SMARTS) is 1. The maximum atomic E-state index is 12.9. The zero-order valence-electron chi connectivity index (χ0n) is 15.9. The molecule has 1 saturated heterocycles. The molecule has 0 aliphatic carbocycles. The molecular formula is C18H28N4O4. The summed E-state index contributed by atoms with van der Waals surface area (Å²) in [7, 11) is 3.48. The highest BCUT2D eigenvalue weighted by Gasteiger charge is 2.41. The number of aryl methyl sites for hydroxylation is 1. The van der Waals surface area contributed by atoms with Crippen molar-refractivity contribution >= 4 is 17.8 Å². The minimum atomic E-state index is -0.962. The van der Waals surface area contributed by atoms with Crippen molar-refractivity contribution in [2.45, 2.75) is 45.6 Å². The number of carbonyl (C=O) groups excluding carboxylic acids is 2. The van der Waals surface area contributed by atoms with Crippen LogP contribution >= 0.6 is 0 Å². The lowest BCUT2D eigenvalue weighted by molar-refractivity contribution is -0.149. The number of aromatic nitrogens is 2. The molecule has 2 heterocycles. The largest absolute Gasteiger partial charge is 0.481 e. The molecule has 0 bridgehead atoms. The van der Waals surface area contributed by atoms with Crippen LogP contribution in [0.3, 0.4) is 0 Å². The average molecular weight is 364 g/mol. The van der Waals surface area contributed by atoms with Gasteiger partial charge in [0.15, 0.2) is 0 Å². The summed E-state index contributed by atoms with van der Waals surface area (Å²) in [5, 5.41) is 16.5. The molecule has 8 heteroatoms. The van der Waals surface area contributed by atoms with Gasteiger partial charge in [0.25, 0.3) is 0 Å². The Kier molecular flexibility index (Phi) is 6.05. The fraction of sp³-hybridized carbons (Fsp3) is 0.667. The minimum Gasteiger partial charge on any atom is -0.481 e. The number of piperidine rings is 1. The number of aliphatic carboxylic acids is 1. The van der Waals surface area contributed by atoms with Gasteiger partial charge < -0.3 is 15.3 Å². The Morgan fingerprint density at radius 3 is 2.50 bits per heavy atom. The molecule has 2 amide bonds. The van der Waals surface area contributed by atoms with Gasteiger partial charge in [-0.05, 0) is 19.3 Å². The molecule has 8 nitrogen and oxygen atoms in total. The van der Waals surface area contributed by atoms with Crippen LogP contribution < -0.4 is 5.32 Å². The van der Waals surface area contributed by atoms with Gasteiger partial charge in [0, 0.05) is 38.8 Å². The zero-order chi connectivity index (χ0) is 19.5. The van der Waals surface area contributed by atoms with Crippen molar-refractivity contribution in [3.63, 3.8) is 0 Å². The van der Waals surface area contributed by atoms with Crippen LogP contribution in [0.1, 0.15) is 51.1 Å². The molecule has 2 atom stereocenters. The third kappa shape index (κ3) is 3.73. The molecule has 26 heavy (non-hydrogen) atoms. The Bertz CT molecular complexity index is 680. The van der Waals surface area contributed by atoms with E-state index in [1.165, 1.54) is 0 Å². The van der Waals surface area contributed by atoms with Crippen LogP contribution in [0.25, 0.3) is 0 Å². The number of hydrogen-bond donors (Lipinski definition) is 2. The molecule has 0 spiro atoms. The molecule has 2 N–H and O–H groups in total. The first-order valence-electron chi connectivity index (χ1n) is 9.01. The smallest absolute Gasteiger partial charge is 0.311 e. The van der Waals surface area contributed by atoms with E-state index in [1.54, 1.807) is 36.1 Å². The standard InChI is InChI=1S/C18H28N4O4/c1-5-18(6-2,17(25)26)11-19-16(24)13-7-8-14(23)22(4)15(13)12-9-20-21(3)10-12/h9-10,13,15H,5-8,11H2,1-4H3,(H,19,24)(H,25,26). The van der Waals surface area contributed by atoms with Gasteiger partial charge in [0.2, 0.25) is 11.8 Å². The van der Waals surface area contributed by atoms with Gasteiger partial charge in [0.1, 0.15) is 0 Å². The predicted molar refractivity (Wildman–Crippen MR) is 95.1 cm³/mol. The SMILES string of the molecule is CCC(CC)(CNC(=O)C1CCC(=O)N(C)C1c1cnn(C)c1)C(=O)O. The van der Waals surface area contributed by atoms with Crippen molar-refractivity contribution in [2.75, 3.05) is 13.6 Å². The molecule has 144 valence electrons. The summed E-state index contributed by atoms with van der Waals surface area (Å²) < 4.78 is 1.64. The van der Waals surface area contributed by atoms with Gasteiger partial charge in [-0.2, -0.15) is 5.10 Å². The lowest BCUT2D eigenvalue weighted by Gasteiger charge is -2.38. The Morgan fingerprint density at radius 2 is 2.00 bits per heavy atom. The number of amides is 2. The lowest BCUT2D eigenvalue weighted by atomic mass is 9.81. The van der Waals surface area contributed by atoms with Gasteiger partial charge in [-0.25, -0.2) is 0 Å². The Morgan fingerprint density at radius 1 is 1.35 bits per heavy atom. The maximum Gasteiger partial charge on any atom is 0.311 e. The topological polar surface area (TPSA) is 105 Å². The van der Waals surface area contributed by atoms with Crippen LogP contribution in [0, 0.1) is 11.3 Å². The summed E-state index contributed by atoms with van der Waals surface area (Å²) in [5.41, 5.74) is -0.158. The fourth-order valence-electron chi connectivity index (χ4n) is 3.63. The van der Waals surface area contributed by atoms with E-state index in [1.807, 2.05) is 13.8 Å². The Balaban J connectivity index is 2.19. The van der Waals surface area contributed by atoms with Crippen molar-refractivity contribution in [1.29, 1.82) is 0 Å². The van der Waals surface area contributed by atoms with Crippen LogP contribution in [0.4, 0.5) is 0 Å². The first-order chi connectivity index (χ1) is 12.3. The molecule has 2 rings (SSSR count). The molecular weight excluding hydrogens is 336 g/mol. The zero-order valence-corrected chi connectivity index (χ0v) is 15.9. The summed E-state index contributed by atoms with van der Waals surface area (Å²) in [5.74, 6) is -1.56. The van der Waals surface area contributed by atoms with E-state index >= 15 is 0 Å². The molecule has 1 fully saturated rings. The second-order valence-electron chi connectivity index (χ2n) is 7.05. The third-order valence-electron chi connectivity index (χ3n) is 5.67. The van der Waals surface area contributed by atoms with E-state index in [0.717, 1.165) is 5.56 Å². The fourth-order valence-corrected chi connectivity index (χ4v) is 3.63. The summed E-state index contributed by atoms with van der Waals surface area (Å²) >= 11 is 0. The first-order valence-corrected chi connectivity index (χ1v) is 9.01. The molecule has 2 unspecified atom stereocenters.